The first-order valence-electron chi connectivity index (χ1n) is 29.8. The molecule has 0 amide bonds. The molecule has 24 fully saturated rings. The Morgan fingerprint density at radius 2 is 0.238 bits per heavy atom. The van der Waals surface area contributed by atoms with Crippen LogP contribution < -0.4 is 0 Å². The molecule has 24 aliphatic carbocycles. The maximum Gasteiger partial charge on any atom is 0 e. The second-order valence-electron chi connectivity index (χ2n) is 31.5. The Labute approximate surface area is 402 Å². The summed E-state index contributed by atoms with van der Waals surface area (Å²) in [6.45, 7) is 0. The van der Waals surface area contributed by atoms with Gasteiger partial charge in [0, 0.05) is 20.4 Å². The fourth-order valence-electron chi connectivity index (χ4n) is 29.1. The first-order chi connectivity index (χ1) is 30.1. The molecule has 0 aromatic heterocycles. The molecule has 24 bridgehead atoms. The molecule has 0 radical (unpaired) electrons. The molecule has 63 heavy (non-hydrogen) atoms. The van der Waals surface area contributed by atoms with E-state index in [1.807, 2.05) is 0 Å². The summed E-state index contributed by atoms with van der Waals surface area (Å²) in [5, 5.41) is 5.26. The zero-order chi connectivity index (χ0) is 40.0. The fraction of sp³-hybridized carbons (Fsp3) is 1.00. The van der Waals surface area contributed by atoms with Crippen molar-refractivity contribution in [1.82, 2.24) is 0 Å². The molecule has 0 aliphatic heterocycles. The van der Waals surface area contributed by atoms with Gasteiger partial charge in [-0.1, -0.05) is 15.8 Å². The van der Waals surface area contributed by atoms with Crippen LogP contribution in [0.1, 0.15) is 231 Å². The fourth-order valence-corrected chi connectivity index (χ4v) is 43.0. The van der Waals surface area contributed by atoms with E-state index in [4.69, 9.17) is 0 Å². The topological polar surface area (TPSA) is 0 Å². The Kier molecular flexibility index (Phi) is 9.10. The number of hydrogen-bond acceptors (Lipinski definition) is 0. The minimum absolute atomic E-state index is 0. The minimum atomic E-state index is 0. The van der Waals surface area contributed by atoms with Crippen molar-refractivity contribution in [2.75, 3.05) is 0 Å². The summed E-state index contributed by atoms with van der Waals surface area (Å²) in [6, 6.07) is 0. The van der Waals surface area contributed by atoms with Gasteiger partial charge in [-0.15, -0.1) is 0 Å². The molecule has 0 N–H and O–H groups in total. The van der Waals surface area contributed by atoms with Crippen LogP contribution in [0.5, 0.6) is 0 Å². The van der Waals surface area contributed by atoms with E-state index in [-0.39, 0.29) is 36.3 Å². The molecule has 0 aromatic rings. The van der Waals surface area contributed by atoms with Gasteiger partial charge in [-0.25, -0.2) is 0 Å². The zero-order valence-electron chi connectivity index (χ0n) is 40.1. The van der Waals surface area contributed by atoms with Gasteiger partial charge in [0.2, 0.25) is 0 Å². The van der Waals surface area contributed by atoms with Gasteiger partial charge >= 0.3 is 0 Å². The second-order valence-corrected chi connectivity index (χ2v) is 38.6. The van der Waals surface area contributed by atoms with E-state index in [2.05, 4.69) is 0 Å². The quantitative estimate of drug-likeness (QED) is 0.184. The second kappa shape index (κ2) is 13.9. The summed E-state index contributed by atoms with van der Waals surface area (Å²) in [5.74, 6) is 21.0. The molecule has 0 nitrogen and oxygen atoms in total. The Morgan fingerprint density at radius 3 is 0.317 bits per heavy atom. The minimum Gasteiger partial charge on any atom is -0.0875 e. The van der Waals surface area contributed by atoms with Crippen molar-refractivity contribution in [2.45, 2.75) is 262 Å². The first kappa shape index (κ1) is 41.2. The van der Waals surface area contributed by atoms with E-state index in [1.54, 1.807) is 231 Å². The van der Waals surface area contributed by atoms with Crippen LogP contribution in [-0.2, 0) is 20.4 Å². The van der Waals surface area contributed by atoms with Crippen molar-refractivity contribution in [3.63, 3.8) is 0 Å². The van der Waals surface area contributed by atoms with Gasteiger partial charge in [0.1, 0.15) is 0 Å². The van der Waals surface area contributed by atoms with E-state index < -0.39 is 0 Å². The van der Waals surface area contributed by atoms with Gasteiger partial charge in [-0.3, -0.25) is 0 Å². The third-order valence-electron chi connectivity index (χ3n) is 26.9. The molecular formula is C60H90P2Pd. The van der Waals surface area contributed by atoms with Crippen molar-refractivity contribution in [1.29, 1.82) is 0 Å². The SMILES string of the molecule is C1C2CC3CC1CC(P(C14CC5CC(CC(C5)C1)C4)C14CC5CC(CC(C5)C1)C4)(C2)C3.C1C2CC3CC1CC(P(C14CC5CC(CC(C5)C1)C4)C14CC5CC(CC(C5)C1)C4)(C2)C3.[Pd]. The average Bonchev–Trinajstić information content (AvgIpc) is 3.14. The molecule has 24 saturated carbocycles. The predicted molar refractivity (Wildman–Crippen MR) is 259 cm³/mol. The smallest absolute Gasteiger partial charge is 0 e. The summed E-state index contributed by atoms with van der Waals surface area (Å²) in [7, 11) is 0.434. The van der Waals surface area contributed by atoms with Crippen LogP contribution in [0.3, 0.4) is 0 Å². The van der Waals surface area contributed by atoms with E-state index in [0.29, 0.717) is 0 Å². The molecule has 350 valence electrons. The maximum atomic E-state index is 1.73. The zero-order valence-corrected chi connectivity index (χ0v) is 43.4. The Bertz CT molecular complexity index is 1300. The standard InChI is InChI=1S/2C30H45P.Pd/c2*1-19-2-21-3-20(1)11-28(10-19,12-21)31(29-13-22-4-23(14-29)6-24(5-22)15-29)30-16-25-7-26(17-30)9-27(8-25)18-30;/h2*19-27H,1-18H2;. The van der Waals surface area contributed by atoms with E-state index >= 15 is 0 Å². The van der Waals surface area contributed by atoms with Crippen molar-refractivity contribution < 1.29 is 20.4 Å². The van der Waals surface area contributed by atoms with E-state index in [0.717, 1.165) is 30.9 Å². The van der Waals surface area contributed by atoms with Crippen LogP contribution in [-0.4, -0.2) is 30.9 Å². The Morgan fingerprint density at radius 1 is 0.159 bits per heavy atom. The molecule has 0 unspecified atom stereocenters. The van der Waals surface area contributed by atoms with Gasteiger partial charge in [-0.2, -0.15) is 0 Å². The molecule has 24 rings (SSSR count). The van der Waals surface area contributed by atoms with Crippen LogP contribution in [0.4, 0.5) is 0 Å². The normalized spacial score (nSPS) is 64.6. The first-order valence-corrected chi connectivity index (χ1v) is 32.4. The van der Waals surface area contributed by atoms with Crippen LogP contribution in [0.25, 0.3) is 0 Å². The summed E-state index contributed by atoms with van der Waals surface area (Å²) >= 11 is 0. The van der Waals surface area contributed by atoms with Gasteiger partial charge in [0.05, 0.1) is 0 Å². The molecule has 0 heterocycles. The molecular weight excluding hydrogens is 889 g/mol. The van der Waals surface area contributed by atoms with Gasteiger partial charge in [0.25, 0.3) is 0 Å². The maximum absolute atomic E-state index is 1.73. The monoisotopic (exact) mass is 979 g/mol. The summed E-state index contributed by atoms with van der Waals surface area (Å²) < 4.78 is 0. The number of rotatable bonds is 6. The van der Waals surface area contributed by atoms with Crippen LogP contribution in [0, 0.1) is 107 Å². The molecule has 0 aromatic carbocycles. The molecule has 0 atom stereocenters. The van der Waals surface area contributed by atoms with Crippen LogP contribution in [0.15, 0.2) is 0 Å². The Hall–Kier alpha value is 1.52. The average molecular weight is 980 g/mol. The van der Waals surface area contributed by atoms with Crippen molar-refractivity contribution in [2.24, 2.45) is 107 Å². The van der Waals surface area contributed by atoms with Crippen molar-refractivity contribution >= 4 is 15.8 Å². The van der Waals surface area contributed by atoms with Gasteiger partial charge < -0.3 is 0 Å². The molecule has 0 saturated heterocycles. The van der Waals surface area contributed by atoms with Crippen LogP contribution in [0.2, 0.25) is 0 Å². The van der Waals surface area contributed by atoms with Gasteiger partial charge in [-0.05, 0) is 369 Å². The largest absolute Gasteiger partial charge is 0.0875 e. The third kappa shape index (κ3) is 6.04. The molecule has 0 spiro atoms. The number of hydrogen-bond donors (Lipinski definition) is 0. The summed E-state index contributed by atoms with van der Waals surface area (Å²) in [4.78, 5) is 0. The molecule has 3 heteroatoms. The summed E-state index contributed by atoms with van der Waals surface area (Å²) in [5.41, 5.74) is 0. The summed E-state index contributed by atoms with van der Waals surface area (Å²) in [6.07, 6.45) is 61.0. The van der Waals surface area contributed by atoms with Crippen LogP contribution >= 0.6 is 15.8 Å². The molecule has 24 aliphatic rings. The third-order valence-corrected chi connectivity index (χ3v) is 35.9. The predicted octanol–water partition coefficient (Wildman–Crippen LogP) is 16.7. The van der Waals surface area contributed by atoms with Gasteiger partial charge in [0.15, 0.2) is 0 Å². The Balaban J connectivity index is 0.000000112. The van der Waals surface area contributed by atoms with Crippen molar-refractivity contribution in [3.8, 4) is 0 Å². The van der Waals surface area contributed by atoms with E-state index in [1.165, 1.54) is 107 Å². The van der Waals surface area contributed by atoms with Crippen molar-refractivity contribution in [3.05, 3.63) is 0 Å². The van der Waals surface area contributed by atoms with E-state index in [9.17, 15) is 0 Å².